The Kier molecular flexibility index (Phi) is 17.2. The van der Waals surface area contributed by atoms with Crippen LogP contribution in [0.1, 0.15) is 94.8 Å². The molecule has 0 bridgehead atoms. The Hall–Kier alpha value is -2.86. The highest BCUT2D eigenvalue weighted by molar-refractivity contribution is 8.13. The molecule has 0 amide bonds. The highest BCUT2D eigenvalue weighted by Gasteiger charge is 2.81. The van der Waals surface area contributed by atoms with Crippen molar-refractivity contribution in [3.05, 3.63) is 34.0 Å². The number of unbranched alkanes of at least 4 members (excludes halogenated alkanes) is 9. The maximum absolute atomic E-state index is 14.3. The van der Waals surface area contributed by atoms with E-state index in [4.69, 9.17) is 9.47 Å². The topological polar surface area (TPSA) is 178 Å². The second-order valence-corrected chi connectivity index (χ2v) is 16.3. The van der Waals surface area contributed by atoms with E-state index in [1.54, 1.807) is 0 Å². The van der Waals surface area contributed by atoms with Gasteiger partial charge in [-0.15, -0.1) is 0 Å². The van der Waals surface area contributed by atoms with Crippen LogP contribution in [0.3, 0.4) is 0 Å². The highest BCUT2D eigenvalue weighted by atomic mass is 32.3. The maximum Gasteiger partial charge on any atom is 0.480 e. The van der Waals surface area contributed by atoms with Crippen LogP contribution >= 0.6 is 0 Å². The molecule has 0 saturated heterocycles. The summed E-state index contributed by atoms with van der Waals surface area (Å²) < 4.78 is 204. The van der Waals surface area contributed by atoms with E-state index in [-0.39, 0.29) is 24.1 Å². The van der Waals surface area contributed by atoms with Gasteiger partial charge in [0.15, 0.2) is 20.0 Å². The second kappa shape index (κ2) is 18.9. The number of carbonyl (C=O) groups is 2. The number of hydrogen-bond acceptors (Lipinski definition) is 11. The average Bonchev–Trinajstić information content (AvgIpc) is 3.03. The normalized spacial score (nSPS) is 14.1. The van der Waals surface area contributed by atoms with Crippen LogP contribution < -0.4 is 4.18 Å². The predicted molar refractivity (Wildman–Crippen MR) is 165 cm³/mol. The first-order valence-corrected chi connectivity index (χ1v) is 19.8. The van der Waals surface area contributed by atoms with Crippen molar-refractivity contribution >= 4 is 42.1 Å². The fourth-order valence-corrected chi connectivity index (χ4v) is 7.05. The van der Waals surface area contributed by atoms with Crippen LogP contribution in [0.5, 0.6) is 5.75 Å². The van der Waals surface area contributed by atoms with E-state index in [1.165, 1.54) is 0 Å². The fourth-order valence-electron chi connectivity index (χ4n) is 3.88. The van der Waals surface area contributed by atoms with E-state index in [0.29, 0.717) is 47.8 Å². The van der Waals surface area contributed by atoms with Gasteiger partial charge in [-0.2, -0.15) is 47.9 Å². The number of benzene rings is 1. The van der Waals surface area contributed by atoms with E-state index in [2.05, 4.69) is 4.18 Å². The van der Waals surface area contributed by atoms with Gasteiger partial charge in [0.1, 0.15) is 5.75 Å². The van der Waals surface area contributed by atoms with Crippen molar-refractivity contribution in [2.24, 2.45) is 5.92 Å². The van der Waals surface area contributed by atoms with Gasteiger partial charge in [-0.3, -0.25) is 4.79 Å². The zero-order chi connectivity index (χ0) is 40.2. The van der Waals surface area contributed by atoms with Gasteiger partial charge in [0.2, 0.25) is 0 Å². The number of carbonyl (C=O) groups excluding carboxylic acids is 2. The van der Waals surface area contributed by atoms with Gasteiger partial charge in [0, 0.05) is 0 Å². The molecular formula is C28H37F9NO11S3-. The Morgan fingerprint density at radius 1 is 0.654 bits per heavy atom. The summed E-state index contributed by atoms with van der Waals surface area (Å²) in [6, 6.07) is 2.24. The Morgan fingerprint density at radius 3 is 1.50 bits per heavy atom. The lowest BCUT2D eigenvalue weighted by Crippen LogP contribution is -2.61. The zero-order valence-electron chi connectivity index (χ0n) is 27.6. The maximum atomic E-state index is 14.3. The molecule has 302 valence electrons. The van der Waals surface area contributed by atoms with Crippen molar-refractivity contribution in [2.75, 3.05) is 13.2 Å². The summed E-state index contributed by atoms with van der Waals surface area (Å²) in [4.78, 5) is 23.8. The smallest absolute Gasteiger partial charge is 0.465 e. The number of halogens is 9. The summed E-state index contributed by atoms with van der Waals surface area (Å²) in [5, 5.41) is -14.8. The largest absolute Gasteiger partial charge is 0.480 e. The molecule has 1 atom stereocenters. The number of esters is 2. The molecule has 0 aliphatic rings. The van der Waals surface area contributed by atoms with Crippen LogP contribution in [-0.2, 0) is 44.4 Å². The van der Waals surface area contributed by atoms with Gasteiger partial charge in [-0.25, -0.2) is 21.6 Å². The van der Waals surface area contributed by atoms with Gasteiger partial charge >= 0.3 is 44.0 Å². The minimum Gasteiger partial charge on any atom is -0.465 e. The standard InChI is InChI=1S/C28H37F9NO11S3/c1-3-20(2)23(39)47-18-12-10-8-6-4-5-7-9-11-13-19-48-24(40)21-14-16-22(17-15-21)49-52(45,46)27(33,34)25(29,30)26(31,32)50(41,42)38-51(43,44)28(35,36)37/h14-17,20H,3-13,18-19H2,1-2H3/q-1. The lowest BCUT2D eigenvalue weighted by molar-refractivity contribution is -0.245. The van der Waals surface area contributed by atoms with Crippen LogP contribution in [0, 0.1) is 5.92 Å². The van der Waals surface area contributed by atoms with Crippen molar-refractivity contribution in [2.45, 2.75) is 106 Å². The number of hydrogen-bond donors (Lipinski definition) is 0. The molecule has 0 heterocycles. The minimum absolute atomic E-state index is 0.0535. The molecule has 0 N–H and O–H groups in total. The van der Waals surface area contributed by atoms with Crippen LogP contribution in [-0.4, -0.2) is 72.3 Å². The first-order valence-electron chi connectivity index (χ1n) is 15.5. The van der Waals surface area contributed by atoms with E-state index in [1.807, 2.05) is 13.8 Å². The fraction of sp³-hybridized carbons (Fsp3) is 0.714. The first kappa shape index (κ1) is 47.2. The van der Waals surface area contributed by atoms with E-state index in [9.17, 15) is 74.4 Å². The van der Waals surface area contributed by atoms with Crippen LogP contribution in [0.15, 0.2) is 24.3 Å². The summed E-state index contributed by atoms with van der Waals surface area (Å²) in [6.07, 6.45) is 9.45. The Labute approximate surface area is 295 Å². The van der Waals surface area contributed by atoms with Crippen molar-refractivity contribution < 1.29 is 88.0 Å². The van der Waals surface area contributed by atoms with Gasteiger partial charge in [-0.05, 0) is 43.5 Å². The third-order valence-electron chi connectivity index (χ3n) is 7.18. The monoisotopic (exact) mass is 830 g/mol. The summed E-state index contributed by atoms with van der Waals surface area (Å²) in [7, 11) is -22.9. The van der Waals surface area contributed by atoms with Crippen molar-refractivity contribution in [3.63, 3.8) is 0 Å². The Balaban J connectivity index is 2.57. The predicted octanol–water partition coefficient (Wildman–Crippen LogP) is 7.42. The zero-order valence-corrected chi connectivity index (χ0v) is 30.1. The molecule has 1 rings (SSSR count). The molecule has 1 aromatic rings. The van der Waals surface area contributed by atoms with Crippen LogP contribution in [0.2, 0.25) is 0 Å². The first-order chi connectivity index (χ1) is 23.7. The third-order valence-corrected chi connectivity index (χ3v) is 11.5. The van der Waals surface area contributed by atoms with Crippen molar-refractivity contribution in [3.8, 4) is 5.75 Å². The second-order valence-electron chi connectivity index (χ2n) is 11.3. The summed E-state index contributed by atoms with van der Waals surface area (Å²) in [5.41, 5.74) is -7.09. The third kappa shape index (κ3) is 12.4. The quantitative estimate of drug-likeness (QED) is 0.0438. The molecule has 0 fully saturated rings. The molecule has 12 nitrogen and oxygen atoms in total. The van der Waals surface area contributed by atoms with Crippen LogP contribution in [0.4, 0.5) is 39.5 Å². The number of nitrogens with zero attached hydrogens (tertiary/aromatic N) is 1. The number of sulfonamides is 2. The summed E-state index contributed by atoms with van der Waals surface area (Å²) in [6.45, 7) is 4.09. The summed E-state index contributed by atoms with van der Waals surface area (Å²) in [5.74, 6) is -10.3. The lowest BCUT2D eigenvalue weighted by Gasteiger charge is -2.35. The van der Waals surface area contributed by atoms with Gasteiger partial charge in [0.25, 0.3) is 0 Å². The van der Waals surface area contributed by atoms with Gasteiger partial charge in [-0.1, -0.05) is 65.2 Å². The van der Waals surface area contributed by atoms with Crippen molar-refractivity contribution in [1.82, 2.24) is 0 Å². The molecule has 24 heteroatoms. The van der Waals surface area contributed by atoms with E-state index >= 15 is 0 Å². The Bertz CT molecular complexity index is 1650. The number of ether oxygens (including phenoxy) is 2. The summed E-state index contributed by atoms with van der Waals surface area (Å²) >= 11 is 0. The minimum atomic E-state index is -8.04. The lowest BCUT2D eigenvalue weighted by atomic mass is 10.1. The SMILES string of the molecule is CCC(C)C(=O)OCCCCCCCCCCCCOC(=O)c1ccc(OS(=O)(=O)C(F)(F)C(F)(F)C(F)(F)S(=O)(=O)[N-]S(=O)(=O)C(F)(F)F)cc1. The number of rotatable bonds is 24. The van der Waals surface area contributed by atoms with Gasteiger partial charge in [0.05, 0.1) is 24.7 Å². The van der Waals surface area contributed by atoms with Crippen LogP contribution in [0.25, 0.3) is 4.13 Å². The van der Waals surface area contributed by atoms with E-state index in [0.717, 1.165) is 57.8 Å². The highest BCUT2D eigenvalue weighted by Crippen LogP contribution is 2.53. The molecule has 0 spiro atoms. The number of alkyl halides is 9. The molecule has 1 aromatic carbocycles. The average molecular weight is 831 g/mol. The Morgan fingerprint density at radius 2 is 1.08 bits per heavy atom. The molecular weight excluding hydrogens is 793 g/mol. The molecule has 0 saturated carbocycles. The molecule has 0 radical (unpaired) electrons. The molecule has 0 aliphatic heterocycles. The van der Waals surface area contributed by atoms with Crippen molar-refractivity contribution in [1.29, 1.82) is 0 Å². The van der Waals surface area contributed by atoms with E-state index < -0.39 is 63.8 Å². The molecule has 52 heavy (non-hydrogen) atoms. The molecule has 1 unspecified atom stereocenters. The molecule has 0 aliphatic carbocycles. The molecule has 0 aromatic heterocycles. The van der Waals surface area contributed by atoms with Gasteiger partial charge < -0.3 is 17.8 Å².